The van der Waals surface area contributed by atoms with Gasteiger partial charge in [-0.15, -0.1) is 0 Å². The van der Waals surface area contributed by atoms with Gasteiger partial charge < -0.3 is 0 Å². The third kappa shape index (κ3) is 3.03. The first-order valence-electron chi connectivity index (χ1n) is 8.36. The molecule has 1 aliphatic heterocycles. The van der Waals surface area contributed by atoms with E-state index in [0.717, 1.165) is 35.4 Å². The molecule has 0 radical (unpaired) electrons. The standard InChI is InChI=1S/C19H22N2O3/c1-19(2,3)17-11-14(12-6-4-7-13(10-12)21(23)24)18-15(20-17)8-5-9-16(18)22/h4,6-7,10,14H,5,8-9,11H2,1-3H3. The summed E-state index contributed by atoms with van der Waals surface area (Å²) in [5.74, 6) is 0.0175. The summed E-state index contributed by atoms with van der Waals surface area (Å²) < 4.78 is 0. The SMILES string of the molecule is CC(C)(C)C1=NC2=C(C(=O)CCC2)C(c2cccc([N+](=O)[O-])c2)C1. The minimum Gasteiger partial charge on any atom is -0.294 e. The molecule has 0 N–H and O–H groups in total. The molecule has 1 unspecified atom stereocenters. The molecule has 0 spiro atoms. The predicted octanol–water partition coefficient (Wildman–Crippen LogP) is 4.58. The lowest BCUT2D eigenvalue weighted by Gasteiger charge is -2.34. The Morgan fingerprint density at radius 2 is 2.00 bits per heavy atom. The van der Waals surface area contributed by atoms with Crippen LogP contribution in [0.1, 0.15) is 57.9 Å². The molecule has 0 bridgehead atoms. The summed E-state index contributed by atoms with van der Waals surface area (Å²) in [6.45, 7) is 6.35. The minimum atomic E-state index is -0.386. The highest BCUT2D eigenvalue weighted by molar-refractivity contribution is 6.02. The topological polar surface area (TPSA) is 72.6 Å². The van der Waals surface area contributed by atoms with E-state index < -0.39 is 0 Å². The average molecular weight is 326 g/mol. The summed E-state index contributed by atoms with van der Waals surface area (Å²) in [7, 11) is 0. The van der Waals surface area contributed by atoms with Crippen molar-refractivity contribution in [2.75, 3.05) is 0 Å². The molecular weight excluding hydrogens is 304 g/mol. The van der Waals surface area contributed by atoms with Gasteiger partial charge in [-0.1, -0.05) is 32.9 Å². The van der Waals surface area contributed by atoms with Gasteiger partial charge in [-0.3, -0.25) is 19.9 Å². The molecule has 3 rings (SSSR count). The molecule has 0 aromatic heterocycles. The van der Waals surface area contributed by atoms with E-state index in [2.05, 4.69) is 20.8 Å². The second-order valence-electron chi connectivity index (χ2n) is 7.55. The van der Waals surface area contributed by atoms with Crippen LogP contribution in [0.5, 0.6) is 0 Å². The summed E-state index contributed by atoms with van der Waals surface area (Å²) in [5, 5.41) is 11.1. The van der Waals surface area contributed by atoms with Crippen LogP contribution >= 0.6 is 0 Å². The number of non-ortho nitro benzene ring substituents is 1. The van der Waals surface area contributed by atoms with Crippen molar-refractivity contribution in [3.8, 4) is 0 Å². The Bertz CT molecular complexity index is 769. The maximum atomic E-state index is 12.5. The van der Waals surface area contributed by atoms with Crippen molar-refractivity contribution >= 4 is 17.2 Å². The molecule has 0 saturated carbocycles. The van der Waals surface area contributed by atoms with Gasteiger partial charge in [0.1, 0.15) is 0 Å². The van der Waals surface area contributed by atoms with Gasteiger partial charge in [0, 0.05) is 46.9 Å². The molecule has 0 saturated heterocycles. The van der Waals surface area contributed by atoms with Gasteiger partial charge in [0.05, 0.1) is 4.92 Å². The smallest absolute Gasteiger partial charge is 0.269 e. The quantitative estimate of drug-likeness (QED) is 0.590. The summed E-state index contributed by atoms with van der Waals surface area (Å²) in [5.41, 5.74) is 3.54. The van der Waals surface area contributed by atoms with Gasteiger partial charge in [-0.05, 0) is 24.8 Å². The van der Waals surface area contributed by atoms with Crippen LogP contribution in [0, 0.1) is 15.5 Å². The maximum Gasteiger partial charge on any atom is 0.269 e. The van der Waals surface area contributed by atoms with Crippen molar-refractivity contribution in [2.24, 2.45) is 10.4 Å². The van der Waals surface area contributed by atoms with Crippen molar-refractivity contribution in [2.45, 2.75) is 52.4 Å². The number of aliphatic imine (C=N–C) groups is 1. The highest BCUT2D eigenvalue weighted by atomic mass is 16.6. The third-order valence-electron chi connectivity index (χ3n) is 4.79. The van der Waals surface area contributed by atoms with Crippen LogP contribution in [0.4, 0.5) is 5.69 Å². The fourth-order valence-corrected chi connectivity index (χ4v) is 3.48. The number of carbonyl (C=O) groups excluding carboxylic acids is 1. The minimum absolute atomic E-state index is 0.0673. The Balaban J connectivity index is 2.11. The van der Waals surface area contributed by atoms with Gasteiger partial charge in [0.2, 0.25) is 0 Å². The number of hydrogen-bond donors (Lipinski definition) is 0. The monoisotopic (exact) mass is 326 g/mol. The molecule has 5 nitrogen and oxygen atoms in total. The Morgan fingerprint density at radius 3 is 2.67 bits per heavy atom. The molecule has 0 amide bonds. The summed E-state index contributed by atoms with van der Waals surface area (Å²) >= 11 is 0. The van der Waals surface area contributed by atoms with E-state index in [1.165, 1.54) is 6.07 Å². The second kappa shape index (κ2) is 5.96. The van der Waals surface area contributed by atoms with Gasteiger partial charge in [0.25, 0.3) is 5.69 Å². The molecular formula is C19H22N2O3. The summed E-state index contributed by atoms with van der Waals surface area (Å²) in [4.78, 5) is 28.1. The molecule has 24 heavy (non-hydrogen) atoms. The molecule has 5 heteroatoms. The zero-order valence-corrected chi connectivity index (χ0v) is 14.3. The summed E-state index contributed by atoms with van der Waals surface area (Å²) in [6.07, 6.45) is 2.84. The fraction of sp³-hybridized carbons (Fsp3) is 0.474. The lowest BCUT2D eigenvalue weighted by molar-refractivity contribution is -0.384. The van der Waals surface area contributed by atoms with E-state index in [-0.39, 0.29) is 27.7 Å². The number of rotatable bonds is 2. The number of allylic oxidation sites excluding steroid dienone is 2. The van der Waals surface area contributed by atoms with E-state index in [1.54, 1.807) is 12.1 Å². The largest absolute Gasteiger partial charge is 0.294 e. The van der Waals surface area contributed by atoms with Crippen LogP contribution in [0.15, 0.2) is 40.5 Å². The number of nitrogens with zero attached hydrogens (tertiary/aromatic N) is 2. The van der Waals surface area contributed by atoms with E-state index in [4.69, 9.17) is 4.99 Å². The van der Waals surface area contributed by atoms with E-state index >= 15 is 0 Å². The van der Waals surface area contributed by atoms with E-state index in [9.17, 15) is 14.9 Å². The van der Waals surface area contributed by atoms with Crippen molar-refractivity contribution in [3.63, 3.8) is 0 Å². The fourth-order valence-electron chi connectivity index (χ4n) is 3.48. The molecule has 126 valence electrons. The van der Waals surface area contributed by atoms with E-state index in [0.29, 0.717) is 12.8 Å². The van der Waals surface area contributed by atoms with Crippen LogP contribution in [-0.4, -0.2) is 16.4 Å². The number of nitro benzene ring substituents is 1. The second-order valence-corrected chi connectivity index (χ2v) is 7.55. The number of benzene rings is 1. The molecule has 1 aliphatic carbocycles. The Hall–Kier alpha value is -2.30. The van der Waals surface area contributed by atoms with Crippen LogP contribution in [0.3, 0.4) is 0 Å². The zero-order valence-electron chi connectivity index (χ0n) is 14.3. The van der Waals surface area contributed by atoms with Gasteiger partial charge >= 0.3 is 0 Å². The molecule has 0 fully saturated rings. The number of hydrogen-bond acceptors (Lipinski definition) is 4. The number of Topliss-reactive ketones (excluding diaryl/α,β-unsaturated/α-hetero) is 1. The number of carbonyl (C=O) groups is 1. The Morgan fingerprint density at radius 1 is 1.25 bits per heavy atom. The highest BCUT2D eigenvalue weighted by Crippen LogP contribution is 2.43. The first kappa shape index (κ1) is 16.6. The normalized spacial score (nSPS) is 21.4. The van der Waals surface area contributed by atoms with Crippen LogP contribution in [0.25, 0.3) is 0 Å². The maximum absolute atomic E-state index is 12.5. The van der Waals surface area contributed by atoms with Crippen LogP contribution in [0.2, 0.25) is 0 Å². The highest BCUT2D eigenvalue weighted by Gasteiger charge is 2.36. The van der Waals surface area contributed by atoms with Crippen LogP contribution in [-0.2, 0) is 4.79 Å². The number of ketones is 1. The lowest BCUT2D eigenvalue weighted by Crippen LogP contribution is -2.30. The Labute approximate surface area is 141 Å². The van der Waals surface area contributed by atoms with Crippen molar-refractivity contribution < 1.29 is 9.72 Å². The zero-order chi connectivity index (χ0) is 17.5. The molecule has 1 aromatic rings. The van der Waals surface area contributed by atoms with Crippen molar-refractivity contribution in [1.29, 1.82) is 0 Å². The number of nitro groups is 1. The van der Waals surface area contributed by atoms with E-state index in [1.807, 2.05) is 6.07 Å². The van der Waals surface area contributed by atoms with Crippen LogP contribution < -0.4 is 0 Å². The lowest BCUT2D eigenvalue weighted by atomic mass is 9.73. The first-order valence-corrected chi connectivity index (χ1v) is 8.36. The van der Waals surface area contributed by atoms with Gasteiger partial charge in [-0.2, -0.15) is 0 Å². The molecule has 1 heterocycles. The molecule has 1 aromatic carbocycles. The molecule has 2 aliphatic rings. The summed E-state index contributed by atoms with van der Waals surface area (Å²) in [6, 6.07) is 6.67. The van der Waals surface area contributed by atoms with Crippen molar-refractivity contribution in [1.82, 2.24) is 0 Å². The first-order chi connectivity index (χ1) is 11.3. The van der Waals surface area contributed by atoms with Gasteiger partial charge in [-0.25, -0.2) is 0 Å². The van der Waals surface area contributed by atoms with Gasteiger partial charge in [0.15, 0.2) is 5.78 Å². The molecule has 1 atom stereocenters. The van der Waals surface area contributed by atoms with Crippen molar-refractivity contribution in [3.05, 3.63) is 51.2 Å². The third-order valence-corrected chi connectivity index (χ3v) is 4.79. The predicted molar refractivity (Wildman–Crippen MR) is 93.2 cm³/mol. The average Bonchev–Trinajstić information content (AvgIpc) is 2.53. The Kier molecular flexibility index (Phi) is 4.11.